The van der Waals surface area contributed by atoms with E-state index in [-0.39, 0.29) is 18.9 Å². The number of likely N-dealkylation sites (tertiary alicyclic amines) is 2. The highest BCUT2D eigenvalue weighted by molar-refractivity contribution is 5.94. The number of hydrogen-bond donors (Lipinski definition) is 4. The summed E-state index contributed by atoms with van der Waals surface area (Å²) in [4.78, 5) is 68.2. The van der Waals surface area contributed by atoms with E-state index in [0.29, 0.717) is 32.2 Å². The number of carbonyl (C=O) groups is 5. The van der Waals surface area contributed by atoms with E-state index < -0.39 is 47.6 Å². The highest BCUT2D eigenvalue weighted by atomic mass is 16.7. The van der Waals surface area contributed by atoms with E-state index in [1.807, 2.05) is 5.48 Å². The molecule has 12 nitrogen and oxygen atoms in total. The van der Waals surface area contributed by atoms with Crippen LogP contribution in [0.3, 0.4) is 0 Å². The molecule has 3 unspecified atom stereocenters. The van der Waals surface area contributed by atoms with E-state index in [9.17, 15) is 34.2 Å². The Balaban J connectivity index is 1.94. The average molecular weight is 442 g/mol. The maximum Gasteiger partial charge on any atom is 0.391 e. The van der Waals surface area contributed by atoms with Crippen LogP contribution in [-0.2, 0) is 28.8 Å². The van der Waals surface area contributed by atoms with Crippen molar-refractivity contribution in [3.63, 3.8) is 0 Å². The quantitative estimate of drug-likeness (QED) is 0.275. The summed E-state index contributed by atoms with van der Waals surface area (Å²) in [7, 11) is 0. The molecule has 3 atom stereocenters. The largest absolute Gasteiger partial charge is 0.391 e. The molecule has 0 bridgehead atoms. The predicted molar refractivity (Wildman–Crippen MR) is 104 cm³/mol. The van der Waals surface area contributed by atoms with Crippen molar-refractivity contribution in [2.75, 3.05) is 13.1 Å². The van der Waals surface area contributed by atoms with Crippen LogP contribution in [0.2, 0.25) is 0 Å². The number of rotatable bonds is 6. The van der Waals surface area contributed by atoms with Crippen LogP contribution in [-0.4, -0.2) is 86.6 Å². The molecular formula is C19H30N4O8. The summed E-state index contributed by atoms with van der Waals surface area (Å²) in [6.45, 7) is 4.99. The van der Waals surface area contributed by atoms with Gasteiger partial charge in [-0.3, -0.25) is 19.2 Å². The number of aliphatic hydroxyl groups is 2. The number of amides is 4. The predicted octanol–water partition coefficient (Wildman–Crippen LogP) is -1.84. The van der Waals surface area contributed by atoms with Gasteiger partial charge in [0.2, 0.25) is 17.7 Å². The molecule has 2 fully saturated rings. The molecule has 4 amide bonds. The molecule has 174 valence electrons. The minimum absolute atomic E-state index is 0.208. The minimum atomic E-state index is -2.73. The van der Waals surface area contributed by atoms with Crippen LogP contribution in [0.4, 0.5) is 0 Å². The molecule has 0 aromatic rings. The topological polar surface area (TPSA) is 166 Å². The first-order chi connectivity index (χ1) is 14.5. The van der Waals surface area contributed by atoms with E-state index in [4.69, 9.17) is 0 Å². The number of hydroxylamine groups is 1. The summed E-state index contributed by atoms with van der Waals surface area (Å²) in [5.41, 5.74) is 1.86. The van der Waals surface area contributed by atoms with Gasteiger partial charge in [0.15, 0.2) is 0 Å². The molecule has 2 saturated heterocycles. The molecule has 4 N–H and O–H groups in total. The number of nitrogens with one attached hydrogen (secondary N) is 2. The van der Waals surface area contributed by atoms with Crippen molar-refractivity contribution in [1.29, 1.82) is 0 Å². The van der Waals surface area contributed by atoms with Gasteiger partial charge in [0.25, 0.3) is 11.7 Å². The lowest BCUT2D eigenvalue weighted by molar-refractivity contribution is -0.217. The first kappa shape index (κ1) is 24.5. The van der Waals surface area contributed by atoms with Gasteiger partial charge in [-0.05, 0) is 32.6 Å². The Labute approximate surface area is 179 Å². The van der Waals surface area contributed by atoms with Crippen LogP contribution >= 0.6 is 0 Å². The van der Waals surface area contributed by atoms with Crippen LogP contribution in [0, 0.1) is 0 Å². The number of nitrogens with zero attached hydrogens (tertiary/aromatic N) is 2. The summed E-state index contributed by atoms with van der Waals surface area (Å²) >= 11 is 0. The lowest BCUT2D eigenvalue weighted by atomic mass is 10.1. The second kappa shape index (κ2) is 10.1. The molecule has 0 radical (unpaired) electrons. The second-order valence-electron chi connectivity index (χ2n) is 7.82. The van der Waals surface area contributed by atoms with E-state index >= 15 is 0 Å². The lowest BCUT2D eigenvalue weighted by Gasteiger charge is -2.28. The highest BCUT2D eigenvalue weighted by Crippen LogP contribution is 2.20. The van der Waals surface area contributed by atoms with Crippen molar-refractivity contribution < 1.29 is 39.0 Å². The number of carbonyl (C=O) groups excluding carboxylic acids is 5. The van der Waals surface area contributed by atoms with Gasteiger partial charge in [0.05, 0.1) is 0 Å². The Morgan fingerprint density at radius 3 is 2.13 bits per heavy atom. The van der Waals surface area contributed by atoms with Crippen molar-refractivity contribution in [1.82, 2.24) is 20.6 Å². The summed E-state index contributed by atoms with van der Waals surface area (Å²) < 4.78 is 0. The molecule has 12 heteroatoms. The summed E-state index contributed by atoms with van der Waals surface area (Å²) in [6, 6.07) is -2.49. The van der Waals surface area contributed by atoms with E-state index in [0.717, 1.165) is 0 Å². The summed E-state index contributed by atoms with van der Waals surface area (Å²) in [6.07, 6.45) is 1.72. The highest BCUT2D eigenvalue weighted by Gasteiger charge is 2.40. The first-order valence-electron chi connectivity index (χ1n) is 10.3. The fraction of sp³-hybridized carbons (Fsp3) is 0.737. The zero-order valence-corrected chi connectivity index (χ0v) is 17.9. The Hall–Kier alpha value is -2.73. The third-order valence-corrected chi connectivity index (χ3v) is 5.59. The SMILES string of the molecule is CCC(O)(O)C(=O)ONC(=O)C1CCCN1C(=O)C(C)NC(=O)C1CCCN1C(C)=O. The van der Waals surface area contributed by atoms with Gasteiger partial charge in [-0.2, -0.15) is 5.48 Å². The molecule has 2 heterocycles. The van der Waals surface area contributed by atoms with Crippen molar-refractivity contribution in [2.45, 2.75) is 76.8 Å². The Morgan fingerprint density at radius 1 is 1.03 bits per heavy atom. The molecular weight excluding hydrogens is 412 g/mol. The van der Waals surface area contributed by atoms with Crippen LogP contribution in [0.5, 0.6) is 0 Å². The Kier molecular flexibility index (Phi) is 7.96. The maximum atomic E-state index is 12.8. The molecule has 0 spiro atoms. The average Bonchev–Trinajstić information content (AvgIpc) is 3.40. The van der Waals surface area contributed by atoms with Gasteiger partial charge in [-0.15, -0.1) is 0 Å². The van der Waals surface area contributed by atoms with Crippen LogP contribution in [0.25, 0.3) is 0 Å². The smallest absolute Gasteiger partial charge is 0.357 e. The van der Waals surface area contributed by atoms with Gasteiger partial charge < -0.3 is 30.2 Å². The molecule has 0 saturated carbocycles. The third kappa shape index (κ3) is 5.70. The van der Waals surface area contributed by atoms with Crippen LogP contribution in [0.15, 0.2) is 0 Å². The monoisotopic (exact) mass is 442 g/mol. The maximum absolute atomic E-state index is 12.8. The fourth-order valence-corrected chi connectivity index (χ4v) is 3.73. The number of hydrogen-bond acceptors (Lipinski definition) is 8. The molecule has 2 aliphatic heterocycles. The van der Waals surface area contributed by atoms with Gasteiger partial charge in [-0.25, -0.2) is 4.79 Å². The standard InChI is InChI=1S/C19H30N4O8/c1-4-19(29,30)18(28)31-21-16(26)14-8-6-10-23(14)17(27)11(2)20-15(25)13-7-5-9-22(13)12(3)24/h11,13-14,29-30H,4-10H2,1-3H3,(H,20,25)(H,21,26). The molecule has 0 aliphatic carbocycles. The Bertz CT molecular complexity index is 740. The van der Waals surface area contributed by atoms with Crippen LogP contribution in [0.1, 0.15) is 52.9 Å². The molecule has 0 aromatic heterocycles. The molecule has 2 rings (SSSR count). The van der Waals surface area contributed by atoms with Crippen molar-refractivity contribution in [2.24, 2.45) is 0 Å². The van der Waals surface area contributed by atoms with E-state index in [1.54, 1.807) is 0 Å². The zero-order chi connectivity index (χ0) is 23.3. The molecule has 31 heavy (non-hydrogen) atoms. The Morgan fingerprint density at radius 2 is 1.58 bits per heavy atom. The molecule has 0 aromatic carbocycles. The first-order valence-corrected chi connectivity index (χ1v) is 10.3. The summed E-state index contributed by atoms with van der Waals surface area (Å²) in [5.74, 6) is -6.08. The van der Waals surface area contributed by atoms with Crippen LogP contribution < -0.4 is 10.8 Å². The minimum Gasteiger partial charge on any atom is -0.357 e. The van der Waals surface area contributed by atoms with Gasteiger partial charge in [-0.1, -0.05) is 6.92 Å². The van der Waals surface area contributed by atoms with Gasteiger partial charge in [0.1, 0.15) is 18.1 Å². The third-order valence-electron chi connectivity index (χ3n) is 5.59. The van der Waals surface area contributed by atoms with Gasteiger partial charge >= 0.3 is 5.97 Å². The van der Waals surface area contributed by atoms with Crippen molar-refractivity contribution in [3.8, 4) is 0 Å². The summed E-state index contributed by atoms with van der Waals surface area (Å²) in [5, 5.41) is 21.4. The fourth-order valence-electron chi connectivity index (χ4n) is 3.73. The zero-order valence-electron chi connectivity index (χ0n) is 17.9. The normalized spacial score (nSPS) is 22.1. The van der Waals surface area contributed by atoms with Gasteiger partial charge in [0, 0.05) is 26.4 Å². The molecule has 2 aliphatic rings. The second-order valence-corrected chi connectivity index (χ2v) is 7.82. The van der Waals surface area contributed by atoms with Crippen molar-refractivity contribution >= 4 is 29.6 Å². The van der Waals surface area contributed by atoms with E-state index in [2.05, 4.69) is 10.2 Å². The van der Waals surface area contributed by atoms with Crippen molar-refractivity contribution in [3.05, 3.63) is 0 Å². The van der Waals surface area contributed by atoms with E-state index in [1.165, 1.54) is 30.6 Å². The lowest BCUT2D eigenvalue weighted by Crippen LogP contribution is -2.55.